The summed E-state index contributed by atoms with van der Waals surface area (Å²) >= 11 is 3.25. The summed E-state index contributed by atoms with van der Waals surface area (Å²) in [4.78, 5) is 24.5. The summed E-state index contributed by atoms with van der Waals surface area (Å²) < 4.78 is 5.29. The number of Topliss-reactive ketones (excluding diaryl/α,β-unsaturated/α-hetero) is 1. The minimum atomic E-state index is -0.507. The van der Waals surface area contributed by atoms with Gasteiger partial charge in [-0.1, -0.05) is 46.3 Å². The van der Waals surface area contributed by atoms with Crippen molar-refractivity contribution in [2.45, 2.75) is 44.8 Å². The van der Waals surface area contributed by atoms with Gasteiger partial charge >= 0.3 is 6.09 Å². The number of nitrogens with one attached hydrogen (secondary N) is 1. The number of alkyl carbamates (subject to hydrolysis) is 1. The van der Waals surface area contributed by atoms with Crippen LogP contribution in [0.1, 0.15) is 37.7 Å². The van der Waals surface area contributed by atoms with Crippen molar-refractivity contribution in [1.29, 1.82) is 0 Å². The highest BCUT2D eigenvalue weighted by Gasteiger charge is 2.41. The molecule has 0 spiro atoms. The molecule has 4 nitrogen and oxygen atoms in total. The number of hydrogen-bond acceptors (Lipinski definition) is 3. The molecular weight excluding hydrogens is 370 g/mol. The van der Waals surface area contributed by atoms with E-state index in [9.17, 15) is 9.59 Å². The molecule has 0 radical (unpaired) electrons. The molecule has 1 aromatic rings. The first kappa shape index (κ1) is 17.5. The number of amides is 1. The molecule has 24 heavy (non-hydrogen) atoms. The van der Waals surface area contributed by atoms with Gasteiger partial charge in [-0.3, -0.25) is 4.79 Å². The van der Waals surface area contributed by atoms with Crippen molar-refractivity contribution in [3.05, 3.63) is 35.9 Å². The number of ketones is 1. The summed E-state index contributed by atoms with van der Waals surface area (Å²) in [6.07, 6.45) is 5.25. The van der Waals surface area contributed by atoms with Crippen LogP contribution in [0.4, 0.5) is 4.79 Å². The molecule has 2 saturated carbocycles. The maximum atomic E-state index is 12.3. The Balaban J connectivity index is 1.55. The van der Waals surface area contributed by atoms with Gasteiger partial charge in [0.2, 0.25) is 0 Å². The number of alkyl halides is 1. The molecule has 1 aromatic carbocycles. The monoisotopic (exact) mass is 393 g/mol. The molecule has 0 aliphatic heterocycles. The SMILES string of the molecule is O=C(NC(C(=O)CBr)C1CCC2CC2CC1)OCc1ccccc1. The van der Waals surface area contributed by atoms with Crippen LogP contribution in [0.3, 0.4) is 0 Å². The number of fused-ring (bicyclic) bond motifs is 1. The summed E-state index contributed by atoms with van der Waals surface area (Å²) in [5.41, 5.74) is 0.936. The fourth-order valence-electron chi connectivity index (χ4n) is 3.79. The Labute approximate surface area is 151 Å². The zero-order chi connectivity index (χ0) is 16.9. The van der Waals surface area contributed by atoms with E-state index in [1.54, 1.807) is 0 Å². The molecule has 0 heterocycles. The van der Waals surface area contributed by atoms with Crippen molar-refractivity contribution in [3.63, 3.8) is 0 Å². The van der Waals surface area contributed by atoms with E-state index in [1.165, 1.54) is 19.3 Å². The number of benzene rings is 1. The molecule has 3 unspecified atom stereocenters. The molecule has 130 valence electrons. The van der Waals surface area contributed by atoms with Crippen LogP contribution in [0.2, 0.25) is 0 Å². The Hall–Kier alpha value is -1.36. The zero-order valence-electron chi connectivity index (χ0n) is 13.7. The topological polar surface area (TPSA) is 55.4 Å². The number of ether oxygens (including phenoxy) is 1. The number of carbonyl (C=O) groups excluding carboxylic acids is 2. The fraction of sp³-hybridized carbons (Fsp3) is 0.579. The van der Waals surface area contributed by atoms with Crippen molar-refractivity contribution >= 4 is 27.8 Å². The third-order valence-corrected chi connectivity index (χ3v) is 5.87. The summed E-state index contributed by atoms with van der Waals surface area (Å²) in [6.45, 7) is 0.219. The van der Waals surface area contributed by atoms with Gasteiger partial charge in [0.15, 0.2) is 5.78 Å². The Bertz CT molecular complexity index is 565. The van der Waals surface area contributed by atoms with Crippen LogP contribution >= 0.6 is 15.9 Å². The number of halogens is 1. The lowest BCUT2D eigenvalue weighted by Crippen LogP contribution is -2.46. The van der Waals surface area contributed by atoms with Gasteiger partial charge in [-0.25, -0.2) is 4.79 Å². The van der Waals surface area contributed by atoms with Gasteiger partial charge < -0.3 is 10.1 Å². The molecule has 3 atom stereocenters. The maximum Gasteiger partial charge on any atom is 0.408 e. The van der Waals surface area contributed by atoms with E-state index < -0.39 is 12.1 Å². The first-order valence-corrected chi connectivity index (χ1v) is 9.85. The highest BCUT2D eigenvalue weighted by molar-refractivity contribution is 9.09. The largest absolute Gasteiger partial charge is 0.445 e. The molecule has 2 aliphatic rings. The van der Waals surface area contributed by atoms with Gasteiger partial charge in [0.1, 0.15) is 6.61 Å². The normalized spacial score (nSPS) is 26.6. The van der Waals surface area contributed by atoms with Gasteiger partial charge in [-0.15, -0.1) is 0 Å². The summed E-state index contributed by atoms with van der Waals surface area (Å²) in [6, 6.07) is 9.11. The van der Waals surface area contributed by atoms with Crippen LogP contribution < -0.4 is 5.32 Å². The minimum absolute atomic E-state index is 0.0345. The van der Waals surface area contributed by atoms with Crippen molar-refractivity contribution < 1.29 is 14.3 Å². The molecule has 0 aromatic heterocycles. The van der Waals surface area contributed by atoms with Crippen molar-refractivity contribution in [3.8, 4) is 0 Å². The lowest BCUT2D eigenvalue weighted by Gasteiger charge is -2.25. The molecule has 1 amide bonds. The van der Waals surface area contributed by atoms with Gasteiger partial charge in [0, 0.05) is 0 Å². The second-order valence-corrected chi connectivity index (χ2v) is 7.52. The smallest absolute Gasteiger partial charge is 0.408 e. The van der Waals surface area contributed by atoms with E-state index in [2.05, 4.69) is 21.2 Å². The Morgan fingerprint density at radius 2 is 1.79 bits per heavy atom. The molecule has 1 N–H and O–H groups in total. The van der Waals surface area contributed by atoms with Crippen molar-refractivity contribution in [1.82, 2.24) is 5.32 Å². The van der Waals surface area contributed by atoms with Gasteiger partial charge in [-0.2, -0.15) is 0 Å². The van der Waals surface area contributed by atoms with Crippen LogP contribution in [-0.4, -0.2) is 23.2 Å². The molecule has 3 rings (SSSR count). The van der Waals surface area contributed by atoms with Crippen molar-refractivity contribution in [2.24, 2.45) is 17.8 Å². The molecule has 2 aliphatic carbocycles. The average molecular weight is 394 g/mol. The quantitative estimate of drug-likeness (QED) is 0.740. The molecule has 2 fully saturated rings. The molecular formula is C19H24BrNO3. The molecule has 0 bridgehead atoms. The maximum absolute atomic E-state index is 12.3. The number of hydrogen-bond donors (Lipinski definition) is 1. The first-order valence-electron chi connectivity index (χ1n) is 8.73. The summed E-state index contributed by atoms with van der Waals surface area (Å²) in [5.74, 6) is 1.99. The predicted molar refractivity (Wildman–Crippen MR) is 95.9 cm³/mol. The predicted octanol–water partition coefficient (Wildman–Crippen LogP) is 4.07. The number of rotatable bonds is 6. The lowest BCUT2D eigenvalue weighted by molar-refractivity contribution is -0.119. The molecule has 0 saturated heterocycles. The van der Waals surface area contributed by atoms with Crippen LogP contribution in [-0.2, 0) is 16.1 Å². The highest BCUT2D eigenvalue weighted by atomic mass is 79.9. The second kappa shape index (κ2) is 8.15. The summed E-state index contributed by atoms with van der Waals surface area (Å²) in [7, 11) is 0. The van der Waals surface area contributed by atoms with Crippen LogP contribution in [0.5, 0.6) is 0 Å². The van der Waals surface area contributed by atoms with Crippen LogP contribution in [0.15, 0.2) is 30.3 Å². The third-order valence-electron chi connectivity index (χ3n) is 5.32. The van der Waals surface area contributed by atoms with E-state index in [-0.39, 0.29) is 23.6 Å². The van der Waals surface area contributed by atoms with Gasteiger partial charge in [0.05, 0.1) is 11.4 Å². The van der Waals surface area contributed by atoms with E-state index in [0.29, 0.717) is 0 Å². The Morgan fingerprint density at radius 1 is 1.12 bits per heavy atom. The average Bonchev–Trinajstić information content (AvgIpc) is 3.38. The second-order valence-electron chi connectivity index (χ2n) is 6.95. The van der Waals surface area contributed by atoms with Gasteiger partial charge in [0.25, 0.3) is 0 Å². The minimum Gasteiger partial charge on any atom is -0.445 e. The first-order chi connectivity index (χ1) is 11.7. The van der Waals surface area contributed by atoms with Crippen LogP contribution in [0, 0.1) is 17.8 Å². The van der Waals surface area contributed by atoms with E-state index in [0.717, 1.165) is 30.2 Å². The standard InChI is InChI=1S/C19H24BrNO3/c20-11-17(22)18(14-6-8-15-10-16(15)9-7-14)21-19(23)24-12-13-4-2-1-3-5-13/h1-5,14-16,18H,6-12H2,(H,21,23). The summed E-state index contributed by atoms with van der Waals surface area (Å²) in [5, 5.41) is 3.09. The highest BCUT2D eigenvalue weighted by Crippen LogP contribution is 2.49. The van der Waals surface area contributed by atoms with Crippen LogP contribution in [0.25, 0.3) is 0 Å². The van der Waals surface area contributed by atoms with E-state index >= 15 is 0 Å². The van der Waals surface area contributed by atoms with E-state index in [4.69, 9.17) is 4.74 Å². The Morgan fingerprint density at radius 3 is 2.42 bits per heavy atom. The lowest BCUT2D eigenvalue weighted by atomic mass is 9.88. The molecule has 5 heteroatoms. The Kier molecular flexibility index (Phi) is 5.93. The zero-order valence-corrected chi connectivity index (χ0v) is 15.3. The third kappa shape index (κ3) is 4.59. The van der Waals surface area contributed by atoms with Crippen molar-refractivity contribution in [2.75, 3.05) is 5.33 Å². The fourth-order valence-corrected chi connectivity index (χ4v) is 4.14. The van der Waals surface area contributed by atoms with E-state index in [1.807, 2.05) is 30.3 Å². The number of carbonyl (C=O) groups is 2. The van der Waals surface area contributed by atoms with Gasteiger partial charge in [-0.05, 0) is 55.4 Å².